The summed E-state index contributed by atoms with van der Waals surface area (Å²) in [5.41, 5.74) is 0. The van der Waals surface area contributed by atoms with E-state index in [1.807, 2.05) is 0 Å². The Kier molecular flexibility index (Phi) is 5.15. The molecule has 0 spiro atoms. The largest absolute Gasteiger partial charge is 0.466 e. The number of nitrogens with one attached hydrogen (secondary N) is 1. The Morgan fingerprint density at radius 3 is 3.00 bits per heavy atom. The molecule has 0 radical (unpaired) electrons. The Hall–Kier alpha value is -1.14. The summed E-state index contributed by atoms with van der Waals surface area (Å²) in [5.74, 6) is -0.330. The molecule has 1 amide bonds. The van der Waals surface area contributed by atoms with Gasteiger partial charge in [-0.1, -0.05) is 0 Å². The van der Waals surface area contributed by atoms with Crippen molar-refractivity contribution in [2.45, 2.75) is 25.8 Å². The number of carbonyl (C=O) groups excluding carboxylic acids is 2. The maximum absolute atomic E-state index is 12.3. The number of likely N-dealkylation sites (tertiary alicyclic amines) is 1. The van der Waals surface area contributed by atoms with Crippen molar-refractivity contribution in [2.24, 2.45) is 5.92 Å². The van der Waals surface area contributed by atoms with Crippen LogP contribution in [0.4, 0.5) is 0 Å². The van der Waals surface area contributed by atoms with Gasteiger partial charge in [-0.2, -0.15) is 0 Å². The van der Waals surface area contributed by atoms with Crippen molar-refractivity contribution in [2.75, 3.05) is 39.5 Å². The van der Waals surface area contributed by atoms with Crippen molar-refractivity contribution < 1.29 is 19.1 Å². The smallest absolute Gasteiger partial charge is 0.310 e. The highest BCUT2D eigenvalue weighted by Gasteiger charge is 2.33. The Morgan fingerprint density at radius 2 is 2.32 bits per heavy atom. The van der Waals surface area contributed by atoms with E-state index in [9.17, 15) is 9.59 Å². The molecule has 2 heterocycles. The minimum atomic E-state index is -0.269. The third-order valence-corrected chi connectivity index (χ3v) is 3.57. The summed E-state index contributed by atoms with van der Waals surface area (Å²) in [7, 11) is 0. The number of carbonyl (C=O) groups is 2. The van der Waals surface area contributed by atoms with Crippen LogP contribution in [0.5, 0.6) is 0 Å². The molecule has 0 aliphatic carbocycles. The first-order valence-electron chi connectivity index (χ1n) is 6.99. The molecular formula is C13H22N2O4. The first kappa shape index (κ1) is 14.3. The molecule has 108 valence electrons. The van der Waals surface area contributed by atoms with Crippen LogP contribution in [0.15, 0.2) is 0 Å². The summed E-state index contributed by atoms with van der Waals surface area (Å²) < 4.78 is 10.3. The number of hydrogen-bond acceptors (Lipinski definition) is 5. The molecule has 0 aromatic rings. The lowest BCUT2D eigenvalue weighted by molar-refractivity contribution is -0.152. The van der Waals surface area contributed by atoms with Gasteiger partial charge in [0.05, 0.1) is 25.7 Å². The fraction of sp³-hybridized carbons (Fsp3) is 0.846. The summed E-state index contributed by atoms with van der Waals surface area (Å²) in [6.45, 7) is 5.14. The second kappa shape index (κ2) is 6.86. The van der Waals surface area contributed by atoms with Crippen LogP contribution in [-0.2, 0) is 19.1 Å². The van der Waals surface area contributed by atoms with E-state index in [1.165, 1.54) is 0 Å². The molecule has 19 heavy (non-hydrogen) atoms. The van der Waals surface area contributed by atoms with Gasteiger partial charge in [-0.25, -0.2) is 0 Å². The number of piperidine rings is 1. The van der Waals surface area contributed by atoms with Crippen molar-refractivity contribution in [3.8, 4) is 0 Å². The second-order valence-corrected chi connectivity index (χ2v) is 4.96. The fourth-order valence-corrected chi connectivity index (χ4v) is 2.57. The predicted octanol–water partition coefficient (Wildman–Crippen LogP) is -0.223. The van der Waals surface area contributed by atoms with Crippen LogP contribution in [0.1, 0.15) is 19.8 Å². The zero-order valence-electron chi connectivity index (χ0n) is 11.4. The van der Waals surface area contributed by atoms with Gasteiger partial charge >= 0.3 is 5.97 Å². The van der Waals surface area contributed by atoms with Gasteiger partial charge in [-0.3, -0.25) is 9.59 Å². The van der Waals surface area contributed by atoms with Gasteiger partial charge in [0.25, 0.3) is 0 Å². The van der Waals surface area contributed by atoms with Crippen molar-refractivity contribution in [3.05, 3.63) is 0 Å². The molecule has 1 N–H and O–H groups in total. The number of amides is 1. The monoisotopic (exact) mass is 270 g/mol. The van der Waals surface area contributed by atoms with Crippen LogP contribution in [0.2, 0.25) is 0 Å². The van der Waals surface area contributed by atoms with Gasteiger partial charge in [0.1, 0.15) is 6.04 Å². The molecular weight excluding hydrogens is 248 g/mol. The van der Waals surface area contributed by atoms with Gasteiger partial charge in [-0.05, 0) is 19.8 Å². The van der Waals surface area contributed by atoms with Gasteiger partial charge < -0.3 is 19.7 Å². The first-order chi connectivity index (χ1) is 9.22. The van der Waals surface area contributed by atoms with Crippen LogP contribution >= 0.6 is 0 Å². The van der Waals surface area contributed by atoms with Gasteiger partial charge in [0.2, 0.25) is 5.91 Å². The zero-order valence-corrected chi connectivity index (χ0v) is 11.4. The average Bonchev–Trinajstić information content (AvgIpc) is 2.48. The average molecular weight is 270 g/mol. The quantitative estimate of drug-likeness (QED) is 0.718. The number of hydrogen-bond donors (Lipinski definition) is 1. The van der Waals surface area contributed by atoms with Crippen LogP contribution in [0, 0.1) is 5.92 Å². The third-order valence-electron chi connectivity index (χ3n) is 3.57. The van der Waals surface area contributed by atoms with Crippen LogP contribution < -0.4 is 5.32 Å². The van der Waals surface area contributed by atoms with Crippen LogP contribution in [0.3, 0.4) is 0 Å². The van der Waals surface area contributed by atoms with E-state index < -0.39 is 0 Å². The number of morpholine rings is 1. The lowest BCUT2D eigenvalue weighted by atomic mass is 9.97. The minimum absolute atomic E-state index is 0.0358. The molecule has 2 aliphatic rings. The highest BCUT2D eigenvalue weighted by molar-refractivity contribution is 5.83. The highest BCUT2D eigenvalue weighted by Crippen LogP contribution is 2.19. The molecule has 6 nitrogen and oxygen atoms in total. The molecule has 2 fully saturated rings. The van der Waals surface area contributed by atoms with E-state index in [0.29, 0.717) is 39.5 Å². The number of ether oxygens (including phenoxy) is 2. The zero-order chi connectivity index (χ0) is 13.7. The molecule has 0 saturated carbocycles. The van der Waals surface area contributed by atoms with Crippen molar-refractivity contribution >= 4 is 11.9 Å². The fourth-order valence-electron chi connectivity index (χ4n) is 2.57. The summed E-state index contributed by atoms with van der Waals surface area (Å²) >= 11 is 0. The predicted molar refractivity (Wildman–Crippen MR) is 68.5 cm³/mol. The molecule has 2 rings (SSSR count). The van der Waals surface area contributed by atoms with E-state index in [0.717, 1.165) is 12.8 Å². The summed E-state index contributed by atoms with van der Waals surface area (Å²) in [4.78, 5) is 25.8. The molecule has 0 aromatic carbocycles. The van der Waals surface area contributed by atoms with Crippen LogP contribution in [0.25, 0.3) is 0 Å². The Morgan fingerprint density at radius 1 is 1.47 bits per heavy atom. The Bertz CT molecular complexity index is 329. The van der Waals surface area contributed by atoms with Gasteiger partial charge in [-0.15, -0.1) is 0 Å². The molecule has 2 saturated heterocycles. The second-order valence-electron chi connectivity index (χ2n) is 4.96. The lowest BCUT2D eigenvalue weighted by Gasteiger charge is -2.35. The number of rotatable bonds is 3. The van der Waals surface area contributed by atoms with Crippen molar-refractivity contribution in [1.29, 1.82) is 0 Å². The summed E-state index contributed by atoms with van der Waals surface area (Å²) in [6, 6.07) is -0.269. The van der Waals surface area contributed by atoms with E-state index in [1.54, 1.807) is 11.8 Å². The molecule has 0 bridgehead atoms. The highest BCUT2D eigenvalue weighted by atomic mass is 16.5. The summed E-state index contributed by atoms with van der Waals surface area (Å²) in [5, 5.41) is 3.15. The topological polar surface area (TPSA) is 67.9 Å². The summed E-state index contributed by atoms with van der Waals surface area (Å²) in [6.07, 6.45) is 1.65. The Labute approximate surface area is 113 Å². The van der Waals surface area contributed by atoms with Gasteiger partial charge in [0, 0.05) is 19.6 Å². The standard InChI is InChI=1S/C13H22N2O4/c1-2-19-13(17)10-4-3-6-15(8-10)12(16)11-9-18-7-5-14-11/h10-11,14H,2-9H2,1H3. The van der Waals surface area contributed by atoms with E-state index in [-0.39, 0.29) is 23.8 Å². The molecule has 6 heteroatoms. The third kappa shape index (κ3) is 3.67. The van der Waals surface area contributed by atoms with E-state index in [4.69, 9.17) is 9.47 Å². The molecule has 2 aliphatic heterocycles. The minimum Gasteiger partial charge on any atom is -0.466 e. The van der Waals surface area contributed by atoms with E-state index >= 15 is 0 Å². The molecule has 0 aromatic heterocycles. The first-order valence-corrected chi connectivity index (χ1v) is 6.99. The molecule has 2 unspecified atom stereocenters. The van der Waals surface area contributed by atoms with Crippen molar-refractivity contribution in [3.63, 3.8) is 0 Å². The normalized spacial score (nSPS) is 27.9. The SMILES string of the molecule is CCOC(=O)C1CCCN(C(=O)C2COCCN2)C1. The maximum atomic E-state index is 12.3. The van der Waals surface area contributed by atoms with Crippen molar-refractivity contribution in [1.82, 2.24) is 10.2 Å². The van der Waals surface area contributed by atoms with E-state index in [2.05, 4.69) is 5.32 Å². The molecule has 2 atom stereocenters. The number of nitrogens with zero attached hydrogens (tertiary/aromatic N) is 1. The Balaban J connectivity index is 1.89. The number of esters is 1. The van der Waals surface area contributed by atoms with Gasteiger partial charge in [0.15, 0.2) is 0 Å². The lowest BCUT2D eigenvalue weighted by Crippen LogP contribution is -2.55. The van der Waals surface area contributed by atoms with Crippen LogP contribution in [-0.4, -0.2) is 62.3 Å². The maximum Gasteiger partial charge on any atom is 0.310 e.